The number of carbonyl (C=O) groups excluding carboxylic acids is 1. The second-order valence-corrected chi connectivity index (χ2v) is 7.41. The second kappa shape index (κ2) is 6.59. The predicted octanol–water partition coefficient (Wildman–Crippen LogP) is 4.80. The first-order valence-corrected chi connectivity index (χ1v) is 9.25. The minimum absolute atomic E-state index is 0.255. The number of thiazole rings is 1. The van der Waals surface area contributed by atoms with Crippen LogP contribution in [0, 0.1) is 26.6 Å². The Hall–Kier alpha value is -3.06. The van der Waals surface area contributed by atoms with E-state index in [2.05, 4.69) is 15.4 Å². The molecule has 0 aliphatic carbocycles. The number of hydrogen-bond acceptors (Lipinski definition) is 4. The summed E-state index contributed by atoms with van der Waals surface area (Å²) in [4.78, 5) is 17.3. The number of rotatable bonds is 3. The number of benzene rings is 2. The number of carbonyl (C=O) groups is 1. The van der Waals surface area contributed by atoms with E-state index in [1.54, 1.807) is 23.7 Å². The third-order valence-corrected chi connectivity index (χ3v) is 5.29. The average molecular weight is 380 g/mol. The first-order chi connectivity index (χ1) is 12.9. The summed E-state index contributed by atoms with van der Waals surface area (Å²) in [5, 5.41) is 7.87. The quantitative estimate of drug-likeness (QED) is 0.555. The molecule has 136 valence electrons. The van der Waals surface area contributed by atoms with Gasteiger partial charge in [0.15, 0.2) is 5.13 Å². The number of fused-ring (bicyclic) bond motifs is 1. The van der Waals surface area contributed by atoms with Gasteiger partial charge in [0, 0.05) is 0 Å². The van der Waals surface area contributed by atoms with E-state index in [1.165, 1.54) is 23.5 Å². The third-order valence-electron chi connectivity index (χ3n) is 4.35. The van der Waals surface area contributed by atoms with Crippen molar-refractivity contribution < 1.29 is 9.18 Å². The minimum atomic E-state index is -0.315. The highest BCUT2D eigenvalue weighted by Crippen LogP contribution is 2.28. The zero-order valence-electron chi connectivity index (χ0n) is 15.1. The summed E-state index contributed by atoms with van der Waals surface area (Å²) in [5.41, 5.74) is 4.49. The van der Waals surface area contributed by atoms with Crippen molar-refractivity contribution in [1.82, 2.24) is 14.8 Å². The Labute approximate surface area is 159 Å². The fourth-order valence-electron chi connectivity index (χ4n) is 3.05. The molecule has 1 N–H and O–H groups in total. The van der Waals surface area contributed by atoms with Crippen LogP contribution in [0.1, 0.15) is 27.3 Å². The molecule has 0 fully saturated rings. The van der Waals surface area contributed by atoms with Crippen LogP contribution in [0.25, 0.3) is 15.9 Å². The molecule has 1 amide bonds. The lowest BCUT2D eigenvalue weighted by atomic mass is 10.2. The van der Waals surface area contributed by atoms with E-state index >= 15 is 0 Å². The maximum Gasteiger partial charge on any atom is 0.261 e. The standard InChI is InChI=1S/C20H17FN4OS/c1-11-4-9-16-17(10-11)27-20(22-16)23-19(26)18-12(2)24-25(13(18)3)15-7-5-14(21)6-8-15/h4-10H,1-3H3,(H,22,23,26). The molecule has 0 spiro atoms. The number of aryl methyl sites for hydroxylation is 2. The lowest BCUT2D eigenvalue weighted by Crippen LogP contribution is -2.14. The smallest absolute Gasteiger partial charge is 0.261 e. The Morgan fingerprint density at radius 2 is 1.85 bits per heavy atom. The summed E-state index contributed by atoms with van der Waals surface area (Å²) in [5.74, 6) is -0.571. The molecule has 7 heteroatoms. The van der Waals surface area contributed by atoms with E-state index in [1.807, 2.05) is 32.0 Å². The SMILES string of the molecule is Cc1ccc2nc(NC(=O)c3c(C)nn(-c4ccc(F)cc4)c3C)sc2c1. The van der Waals surface area contributed by atoms with Gasteiger partial charge in [-0.3, -0.25) is 10.1 Å². The second-order valence-electron chi connectivity index (χ2n) is 6.38. The lowest BCUT2D eigenvalue weighted by Gasteiger charge is -2.05. The van der Waals surface area contributed by atoms with Crippen LogP contribution in [0.2, 0.25) is 0 Å². The molecule has 0 aliphatic heterocycles. The highest BCUT2D eigenvalue weighted by Gasteiger charge is 2.20. The Morgan fingerprint density at radius 3 is 2.59 bits per heavy atom. The molecule has 0 atom stereocenters. The molecule has 2 heterocycles. The first-order valence-electron chi connectivity index (χ1n) is 8.43. The van der Waals surface area contributed by atoms with E-state index in [-0.39, 0.29) is 11.7 Å². The molecular formula is C20H17FN4OS. The molecule has 5 nitrogen and oxygen atoms in total. The third kappa shape index (κ3) is 3.21. The van der Waals surface area contributed by atoms with Crippen LogP contribution < -0.4 is 5.32 Å². The highest BCUT2D eigenvalue weighted by molar-refractivity contribution is 7.22. The largest absolute Gasteiger partial charge is 0.298 e. The molecule has 2 aromatic heterocycles. The molecular weight excluding hydrogens is 363 g/mol. The molecule has 0 radical (unpaired) electrons. The fraction of sp³-hybridized carbons (Fsp3) is 0.150. The Morgan fingerprint density at radius 1 is 1.11 bits per heavy atom. The maximum absolute atomic E-state index is 13.2. The van der Waals surface area contributed by atoms with Crippen LogP contribution in [-0.2, 0) is 0 Å². The van der Waals surface area contributed by atoms with Crippen molar-refractivity contribution in [2.75, 3.05) is 5.32 Å². The van der Waals surface area contributed by atoms with Gasteiger partial charge in [0.25, 0.3) is 5.91 Å². The van der Waals surface area contributed by atoms with E-state index < -0.39 is 0 Å². The molecule has 27 heavy (non-hydrogen) atoms. The lowest BCUT2D eigenvalue weighted by molar-refractivity contribution is 0.102. The maximum atomic E-state index is 13.2. The summed E-state index contributed by atoms with van der Waals surface area (Å²) in [6, 6.07) is 12.0. The van der Waals surface area contributed by atoms with Crippen LogP contribution in [0.3, 0.4) is 0 Å². The van der Waals surface area contributed by atoms with Crippen molar-refractivity contribution in [3.8, 4) is 5.69 Å². The van der Waals surface area contributed by atoms with Crippen LogP contribution in [-0.4, -0.2) is 20.7 Å². The van der Waals surface area contributed by atoms with Crippen LogP contribution in [0.15, 0.2) is 42.5 Å². The van der Waals surface area contributed by atoms with Crippen LogP contribution in [0.4, 0.5) is 9.52 Å². The first kappa shape index (κ1) is 17.4. The van der Waals surface area contributed by atoms with Gasteiger partial charge in [0.05, 0.1) is 32.9 Å². The Kier molecular flexibility index (Phi) is 4.24. The number of amides is 1. The van der Waals surface area contributed by atoms with E-state index in [0.717, 1.165) is 15.8 Å². The Balaban J connectivity index is 1.66. The number of aromatic nitrogens is 3. The number of anilines is 1. The van der Waals surface area contributed by atoms with E-state index in [0.29, 0.717) is 27.8 Å². The van der Waals surface area contributed by atoms with Gasteiger partial charge < -0.3 is 0 Å². The summed E-state index contributed by atoms with van der Waals surface area (Å²) in [6.45, 7) is 5.62. The molecule has 0 unspecified atom stereocenters. The summed E-state index contributed by atoms with van der Waals surface area (Å²) < 4.78 is 15.8. The van der Waals surface area contributed by atoms with Crippen LogP contribution >= 0.6 is 11.3 Å². The van der Waals surface area contributed by atoms with Crippen molar-refractivity contribution in [3.05, 3.63) is 70.8 Å². The molecule has 4 aromatic rings. The average Bonchev–Trinajstić information content (AvgIpc) is 3.14. The predicted molar refractivity (Wildman–Crippen MR) is 105 cm³/mol. The van der Waals surface area contributed by atoms with Crippen LogP contribution in [0.5, 0.6) is 0 Å². The molecule has 0 saturated heterocycles. The summed E-state index contributed by atoms with van der Waals surface area (Å²) >= 11 is 1.44. The zero-order chi connectivity index (χ0) is 19.1. The van der Waals surface area contributed by atoms with Gasteiger partial charge in [-0.1, -0.05) is 17.4 Å². The normalized spacial score (nSPS) is 11.1. The van der Waals surface area contributed by atoms with Gasteiger partial charge in [-0.15, -0.1) is 0 Å². The monoisotopic (exact) mass is 380 g/mol. The zero-order valence-corrected chi connectivity index (χ0v) is 15.9. The van der Waals surface area contributed by atoms with E-state index in [9.17, 15) is 9.18 Å². The van der Waals surface area contributed by atoms with Crippen molar-refractivity contribution in [2.45, 2.75) is 20.8 Å². The fourth-order valence-corrected chi connectivity index (χ4v) is 4.01. The number of hydrogen-bond donors (Lipinski definition) is 1. The molecule has 4 rings (SSSR count). The summed E-state index contributed by atoms with van der Waals surface area (Å²) in [7, 11) is 0. The molecule has 2 aromatic carbocycles. The number of nitrogens with zero attached hydrogens (tertiary/aromatic N) is 3. The topological polar surface area (TPSA) is 59.8 Å². The van der Waals surface area contributed by atoms with Gasteiger partial charge in [-0.05, 0) is 62.7 Å². The van der Waals surface area contributed by atoms with Gasteiger partial charge in [-0.2, -0.15) is 5.10 Å². The van der Waals surface area contributed by atoms with Crippen molar-refractivity contribution in [3.63, 3.8) is 0 Å². The van der Waals surface area contributed by atoms with Gasteiger partial charge >= 0.3 is 0 Å². The van der Waals surface area contributed by atoms with E-state index in [4.69, 9.17) is 0 Å². The van der Waals surface area contributed by atoms with Crippen molar-refractivity contribution in [1.29, 1.82) is 0 Å². The van der Waals surface area contributed by atoms with Gasteiger partial charge in [0.1, 0.15) is 5.82 Å². The van der Waals surface area contributed by atoms with Gasteiger partial charge in [0.2, 0.25) is 0 Å². The molecule has 0 aliphatic rings. The molecule has 0 saturated carbocycles. The van der Waals surface area contributed by atoms with Crippen molar-refractivity contribution in [2.24, 2.45) is 0 Å². The molecule has 0 bridgehead atoms. The minimum Gasteiger partial charge on any atom is -0.298 e. The Bertz CT molecular complexity index is 1160. The van der Waals surface area contributed by atoms with Crippen molar-refractivity contribution >= 4 is 32.6 Å². The van der Waals surface area contributed by atoms with Gasteiger partial charge in [-0.25, -0.2) is 14.1 Å². The number of halogens is 1. The summed E-state index contributed by atoms with van der Waals surface area (Å²) in [6.07, 6.45) is 0. The highest BCUT2D eigenvalue weighted by atomic mass is 32.1. The number of nitrogens with one attached hydrogen (secondary N) is 1.